The molecule has 3 aromatic heterocycles. The molecule has 10 heteroatoms. The highest BCUT2D eigenvalue weighted by Crippen LogP contribution is 2.30. The fourth-order valence-electron chi connectivity index (χ4n) is 2.87. The lowest BCUT2D eigenvalue weighted by Crippen LogP contribution is -2.21. The zero-order valence-electron chi connectivity index (χ0n) is 17.1. The molecule has 31 heavy (non-hydrogen) atoms. The van der Waals surface area contributed by atoms with Crippen molar-refractivity contribution in [2.45, 2.75) is 6.92 Å². The standard InChI is InChI=1S/C21H19N7O3/c1-12(29)13-5-4-6-15(9-13)23-20(30)25-18-16(19-26-27-21(31-19)28(2)3)10-14-11-22-8-7-17(14)24-18/h4-11H,1-3H3,(H2,23,24,25,30). The Morgan fingerprint density at radius 3 is 2.65 bits per heavy atom. The Kier molecular flexibility index (Phi) is 5.27. The first-order valence-electron chi connectivity index (χ1n) is 9.35. The second kappa shape index (κ2) is 8.19. The summed E-state index contributed by atoms with van der Waals surface area (Å²) in [4.78, 5) is 34.6. The average Bonchev–Trinajstić information content (AvgIpc) is 3.24. The van der Waals surface area contributed by atoms with E-state index in [-0.39, 0.29) is 17.5 Å². The van der Waals surface area contributed by atoms with Gasteiger partial charge in [0.25, 0.3) is 5.89 Å². The van der Waals surface area contributed by atoms with Gasteiger partial charge in [-0.15, -0.1) is 5.10 Å². The highest BCUT2D eigenvalue weighted by Gasteiger charge is 2.18. The van der Waals surface area contributed by atoms with E-state index in [1.165, 1.54) is 6.92 Å². The summed E-state index contributed by atoms with van der Waals surface area (Å²) >= 11 is 0. The summed E-state index contributed by atoms with van der Waals surface area (Å²) in [5.74, 6) is 0.355. The SMILES string of the molecule is CC(=O)c1cccc(NC(=O)Nc2nc3ccncc3cc2-c2nnc(N(C)C)o2)c1. The number of carbonyl (C=O) groups excluding carboxylic acids is 2. The number of hydrogen-bond acceptors (Lipinski definition) is 8. The van der Waals surface area contributed by atoms with Crippen LogP contribution in [0.25, 0.3) is 22.4 Å². The number of nitrogens with zero attached hydrogens (tertiary/aromatic N) is 5. The van der Waals surface area contributed by atoms with E-state index in [0.29, 0.717) is 28.3 Å². The van der Waals surface area contributed by atoms with E-state index < -0.39 is 6.03 Å². The van der Waals surface area contributed by atoms with Crippen LogP contribution in [-0.2, 0) is 0 Å². The van der Waals surface area contributed by atoms with E-state index in [9.17, 15) is 9.59 Å². The van der Waals surface area contributed by atoms with Crippen LogP contribution in [0.2, 0.25) is 0 Å². The molecule has 3 heterocycles. The molecule has 0 radical (unpaired) electrons. The van der Waals surface area contributed by atoms with E-state index in [1.807, 2.05) is 0 Å². The first-order chi connectivity index (χ1) is 14.9. The van der Waals surface area contributed by atoms with Crippen molar-refractivity contribution < 1.29 is 14.0 Å². The third kappa shape index (κ3) is 4.32. The number of ketones is 1. The summed E-state index contributed by atoms with van der Waals surface area (Å²) in [6, 6.07) is 9.96. The summed E-state index contributed by atoms with van der Waals surface area (Å²) in [7, 11) is 3.56. The quantitative estimate of drug-likeness (QED) is 0.472. The zero-order valence-corrected chi connectivity index (χ0v) is 17.1. The van der Waals surface area contributed by atoms with Crippen LogP contribution in [0.4, 0.5) is 22.3 Å². The maximum Gasteiger partial charge on any atom is 0.324 e. The molecule has 0 aliphatic heterocycles. The minimum atomic E-state index is -0.532. The number of benzene rings is 1. The van der Waals surface area contributed by atoms with Gasteiger partial charge < -0.3 is 14.6 Å². The normalized spacial score (nSPS) is 10.7. The fourth-order valence-corrected chi connectivity index (χ4v) is 2.87. The number of nitrogens with one attached hydrogen (secondary N) is 2. The number of Topliss-reactive ketones (excluding diaryl/α,β-unsaturated/α-hetero) is 1. The summed E-state index contributed by atoms with van der Waals surface area (Å²) in [6.07, 6.45) is 3.27. The van der Waals surface area contributed by atoms with Crippen molar-refractivity contribution in [2.24, 2.45) is 0 Å². The molecule has 0 saturated heterocycles. The third-order valence-corrected chi connectivity index (χ3v) is 4.40. The Hall–Kier alpha value is -4.34. The highest BCUT2D eigenvalue weighted by atomic mass is 16.4. The summed E-state index contributed by atoms with van der Waals surface area (Å²) in [5.41, 5.74) is 2.06. The molecule has 156 valence electrons. The van der Waals surface area contributed by atoms with Gasteiger partial charge in [-0.1, -0.05) is 17.2 Å². The maximum atomic E-state index is 12.7. The molecule has 4 rings (SSSR count). The van der Waals surface area contributed by atoms with Crippen molar-refractivity contribution in [3.63, 3.8) is 0 Å². The van der Waals surface area contributed by atoms with Crippen molar-refractivity contribution in [2.75, 3.05) is 29.6 Å². The predicted molar refractivity (Wildman–Crippen MR) is 116 cm³/mol. The van der Waals surface area contributed by atoms with E-state index in [0.717, 1.165) is 5.39 Å². The van der Waals surface area contributed by atoms with Crippen LogP contribution in [-0.4, -0.2) is 46.1 Å². The van der Waals surface area contributed by atoms with Gasteiger partial charge in [0.2, 0.25) is 0 Å². The van der Waals surface area contributed by atoms with Gasteiger partial charge in [0, 0.05) is 43.1 Å². The number of pyridine rings is 2. The molecule has 0 atom stereocenters. The number of anilines is 3. The largest absolute Gasteiger partial charge is 0.403 e. The summed E-state index contributed by atoms with van der Waals surface area (Å²) < 4.78 is 5.70. The Labute approximate surface area is 177 Å². The third-order valence-electron chi connectivity index (χ3n) is 4.40. The van der Waals surface area contributed by atoms with Gasteiger partial charge in [-0.25, -0.2) is 9.78 Å². The minimum Gasteiger partial charge on any atom is -0.403 e. The number of amides is 2. The van der Waals surface area contributed by atoms with E-state index in [1.54, 1.807) is 67.8 Å². The van der Waals surface area contributed by atoms with Crippen LogP contribution < -0.4 is 15.5 Å². The average molecular weight is 417 g/mol. The molecule has 0 bridgehead atoms. The van der Waals surface area contributed by atoms with Gasteiger partial charge in [-0.05, 0) is 31.2 Å². The summed E-state index contributed by atoms with van der Waals surface area (Å²) in [6.45, 7) is 1.46. The maximum absolute atomic E-state index is 12.7. The van der Waals surface area contributed by atoms with E-state index >= 15 is 0 Å². The minimum absolute atomic E-state index is 0.0933. The van der Waals surface area contributed by atoms with Crippen molar-refractivity contribution >= 4 is 40.2 Å². The molecule has 0 spiro atoms. The molecule has 0 saturated carbocycles. The number of rotatable bonds is 5. The molecule has 2 N–H and O–H groups in total. The lowest BCUT2D eigenvalue weighted by Gasteiger charge is -2.11. The Morgan fingerprint density at radius 1 is 1.06 bits per heavy atom. The molecular formula is C21H19N7O3. The van der Waals surface area contributed by atoms with Crippen LogP contribution in [0.3, 0.4) is 0 Å². The van der Waals surface area contributed by atoms with Crippen molar-refractivity contribution in [3.05, 3.63) is 54.4 Å². The van der Waals surface area contributed by atoms with Crippen LogP contribution >= 0.6 is 0 Å². The molecule has 0 aliphatic carbocycles. The smallest absolute Gasteiger partial charge is 0.324 e. The number of fused-ring (bicyclic) bond motifs is 1. The fraction of sp³-hybridized carbons (Fsp3) is 0.143. The van der Waals surface area contributed by atoms with Crippen LogP contribution in [0, 0.1) is 0 Å². The van der Waals surface area contributed by atoms with Crippen LogP contribution in [0.15, 0.2) is 53.2 Å². The van der Waals surface area contributed by atoms with Gasteiger partial charge in [-0.2, -0.15) is 0 Å². The zero-order chi connectivity index (χ0) is 22.0. The molecule has 0 fully saturated rings. The van der Waals surface area contributed by atoms with Crippen molar-refractivity contribution in [1.29, 1.82) is 0 Å². The van der Waals surface area contributed by atoms with Crippen LogP contribution in [0.5, 0.6) is 0 Å². The Balaban J connectivity index is 1.67. The number of aromatic nitrogens is 4. The molecule has 4 aromatic rings. The van der Waals surface area contributed by atoms with Gasteiger partial charge in [0.1, 0.15) is 5.82 Å². The predicted octanol–water partition coefficient (Wildman–Crippen LogP) is 3.59. The molecule has 0 aliphatic rings. The number of hydrogen-bond donors (Lipinski definition) is 2. The van der Waals surface area contributed by atoms with Crippen LogP contribution in [0.1, 0.15) is 17.3 Å². The topological polar surface area (TPSA) is 126 Å². The monoisotopic (exact) mass is 417 g/mol. The molecule has 0 unspecified atom stereocenters. The van der Waals surface area contributed by atoms with Crippen molar-refractivity contribution in [3.8, 4) is 11.5 Å². The van der Waals surface area contributed by atoms with Gasteiger partial charge in [0.05, 0.1) is 11.1 Å². The second-order valence-corrected chi connectivity index (χ2v) is 6.95. The molecule has 10 nitrogen and oxygen atoms in total. The molecule has 2 amide bonds. The Bertz CT molecular complexity index is 1280. The summed E-state index contributed by atoms with van der Waals surface area (Å²) in [5, 5.41) is 14.2. The van der Waals surface area contributed by atoms with E-state index in [4.69, 9.17) is 4.42 Å². The number of carbonyl (C=O) groups is 2. The molecular weight excluding hydrogens is 398 g/mol. The second-order valence-electron chi connectivity index (χ2n) is 6.95. The van der Waals surface area contributed by atoms with Gasteiger partial charge in [-0.3, -0.25) is 15.1 Å². The number of urea groups is 1. The lowest BCUT2D eigenvalue weighted by molar-refractivity contribution is 0.101. The van der Waals surface area contributed by atoms with Gasteiger partial charge >= 0.3 is 12.0 Å². The first-order valence-corrected chi connectivity index (χ1v) is 9.35. The van der Waals surface area contributed by atoms with Gasteiger partial charge in [0.15, 0.2) is 5.78 Å². The van der Waals surface area contributed by atoms with E-state index in [2.05, 4.69) is 30.8 Å². The highest BCUT2D eigenvalue weighted by molar-refractivity contribution is 6.03. The van der Waals surface area contributed by atoms with Crippen molar-refractivity contribution in [1.82, 2.24) is 20.2 Å². The molecule has 1 aromatic carbocycles. The first kappa shape index (κ1) is 20.0. The lowest BCUT2D eigenvalue weighted by atomic mass is 10.1. The Morgan fingerprint density at radius 2 is 1.90 bits per heavy atom.